The van der Waals surface area contributed by atoms with Gasteiger partial charge in [0.15, 0.2) is 0 Å². The van der Waals surface area contributed by atoms with Crippen molar-refractivity contribution in [1.82, 2.24) is 4.57 Å². The van der Waals surface area contributed by atoms with Gasteiger partial charge in [0.2, 0.25) is 0 Å². The van der Waals surface area contributed by atoms with E-state index in [-0.39, 0.29) is 6.54 Å². The number of thioether (sulfide) groups is 1. The van der Waals surface area contributed by atoms with Gasteiger partial charge in [-0.05, 0) is 48.6 Å². The number of hydrogen-bond acceptors (Lipinski definition) is 4. The van der Waals surface area contributed by atoms with E-state index in [1.54, 1.807) is 18.9 Å². The third-order valence-electron chi connectivity index (χ3n) is 4.28. The van der Waals surface area contributed by atoms with E-state index in [9.17, 15) is 4.39 Å². The maximum Gasteiger partial charge on any atom is 0.143 e. The summed E-state index contributed by atoms with van der Waals surface area (Å²) in [6.07, 6.45) is 2.02. The molecule has 3 rings (SSSR count). The van der Waals surface area contributed by atoms with Crippen molar-refractivity contribution in [1.29, 1.82) is 0 Å². The zero-order chi connectivity index (χ0) is 19.2. The summed E-state index contributed by atoms with van der Waals surface area (Å²) < 4.78 is 20.3. The molecule has 0 spiro atoms. The van der Waals surface area contributed by atoms with Crippen LogP contribution in [0.2, 0.25) is 0 Å². The standard InChI is InChI=1S/C21H22FN3OS/c1-26-21-14-16(27-2)8-9-19(21)24-11-4-5-15-13-17-18(23)6-3-7-20(17)25(15)12-10-22/h3,6-9,13-14,24H,10-12,23H2,1-2H3. The quantitative estimate of drug-likeness (QED) is 0.377. The van der Waals surface area contributed by atoms with Crippen LogP contribution in [0.5, 0.6) is 5.75 Å². The molecule has 2 aromatic carbocycles. The Morgan fingerprint density at radius 3 is 2.85 bits per heavy atom. The molecular formula is C21H22FN3OS. The second kappa shape index (κ2) is 8.74. The van der Waals surface area contributed by atoms with Crippen molar-refractivity contribution in [3.8, 4) is 17.6 Å². The van der Waals surface area contributed by atoms with Crippen LogP contribution in [0.15, 0.2) is 47.4 Å². The number of aryl methyl sites for hydroxylation is 1. The van der Waals surface area contributed by atoms with Crippen LogP contribution >= 0.6 is 11.8 Å². The van der Waals surface area contributed by atoms with Gasteiger partial charge >= 0.3 is 0 Å². The van der Waals surface area contributed by atoms with Gasteiger partial charge in [0.05, 0.1) is 37.1 Å². The van der Waals surface area contributed by atoms with Gasteiger partial charge in [-0.3, -0.25) is 0 Å². The van der Waals surface area contributed by atoms with Gasteiger partial charge in [-0.15, -0.1) is 11.8 Å². The monoisotopic (exact) mass is 383 g/mol. The summed E-state index contributed by atoms with van der Waals surface area (Å²) in [6.45, 7) is 0.250. The minimum absolute atomic E-state index is 0.258. The first-order valence-electron chi connectivity index (χ1n) is 8.56. The van der Waals surface area contributed by atoms with Gasteiger partial charge in [0.1, 0.15) is 12.4 Å². The zero-order valence-corrected chi connectivity index (χ0v) is 16.2. The van der Waals surface area contributed by atoms with E-state index in [2.05, 4.69) is 17.2 Å². The van der Waals surface area contributed by atoms with Gasteiger partial charge in [0.25, 0.3) is 0 Å². The third-order valence-corrected chi connectivity index (χ3v) is 5.01. The van der Waals surface area contributed by atoms with E-state index >= 15 is 0 Å². The van der Waals surface area contributed by atoms with Crippen molar-refractivity contribution in [2.24, 2.45) is 0 Å². The SMILES string of the molecule is COc1cc(SC)ccc1NCC#Cc1cc2c(N)cccc2n1CCF. The van der Waals surface area contributed by atoms with Crippen LogP contribution in [0, 0.1) is 11.8 Å². The average molecular weight is 383 g/mol. The molecule has 140 valence electrons. The van der Waals surface area contributed by atoms with Crippen molar-refractivity contribution in [2.75, 3.05) is 37.6 Å². The van der Waals surface area contributed by atoms with E-state index in [1.807, 2.05) is 53.3 Å². The van der Waals surface area contributed by atoms with Gasteiger partial charge in [0, 0.05) is 16.0 Å². The first kappa shape index (κ1) is 19.0. The number of nitrogens with zero attached hydrogens (tertiary/aromatic N) is 1. The Kier molecular flexibility index (Phi) is 6.15. The lowest BCUT2D eigenvalue weighted by Crippen LogP contribution is -2.03. The van der Waals surface area contributed by atoms with E-state index in [4.69, 9.17) is 10.5 Å². The summed E-state index contributed by atoms with van der Waals surface area (Å²) in [5, 5.41) is 4.17. The Hall–Kier alpha value is -2.78. The molecule has 4 nitrogen and oxygen atoms in total. The maximum atomic E-state index is 13.0. The number of alkyl halides is 1. The molecule has 0 atom stereocenters. The first-order chi connectivity index (χ1) is 13.2. The van der Waals surface area contributed by atoms with Gasteiger partial charge in [-0.25, -0.2) is 4.39 Å². The molecular weight excluding hydrogens is 361 g/mol. The molecule has 0 radical (unpaired) electrons. The number of ether oxygens (including phenoxy) is 1. The molecule has 0 fully saturated rings. The minimum atomic E-state index is -0.454. The maximum absolute atomic E-state index is 13.0. The van der Waals surface area contributed by atoms with E-state index < -0.39 is 6.67 Å². The number of anilines is 2. The molecule has 0 saturated heterocycles. The minimum Gasteiger partial charge on any atom is -0.495 e. The number of halogens is 1. The van der Waals surface area contributed by atoms with Crippen LogP contribution in [-0.4, -0.2) is 31.2 Å². The summed E-state index contributed by atoms with van der Waals surface area (Å²) in [6, 6.07) is 13.6. The molecule has 1 heterocycles. The fourth-order valence-corrected chi connectivity index (χ4v) is 3.38. The highest BCUT2D eigenvalue weighted by Gasteiger charge is 2.09. The van der Waals surface area contributed by atoms with Crippen LogP contribution in [0.3, 0.4) is 0 Å². The summed E-state index contributed by atoms with van der Waals surface area (Å²) in [7, 11) is 1.65. The fourth-order valence-electron chi connectivity index (χ4n) is 2.96. The number of nitrogens with one attached hydrogen (secondary N) is 1. The molecule has 3 aromatic rings. The Balaban J connectivity index is 1.80. The highest BCUT2D eigenvalue weighted by Crippen LogP contribution is 2.29. The number of nitrogens with two attached hydrogens (primary N) is 1. The lowest BCUT2D eigenvalue weighted by molar-refractivity contribution is 0.415. The predicted octanol–water partition coefficient (Wildman–Crippen LogP) is 4.39. The van der Waals surface area contributed by atoms with Crippen molar-refractivity contribution >= 4 is 34.0 Å². The number of hydrogen-bond donors (Lipinski definition) is 2. The molecule has 0 aliphatic heterocycles. The van der Waals surface area contributed by atoms with E-state index in [0.717, 1.165) is 32.9 Å². The van der Waals surface area contributed by atoms with Crippen molar-refractivity contribution in [3.63, 3.8) is 0 Å². The molecule has 0 aliphatic rings. The normalized spacial score (nSPS) is 10.5. The Morgan fingerprint density at radius 2 is 2.11 bits per heavy atom. The van der Waals surface area contributed by atoms with Crippen LogP contribution in [0.1, 0.15) is 5.69 Å². The summed E-state index contributed by atoms with van der Waals surface area (Å²) in [4.78, 5) is 1.14. The molecule has 6 heteroatoms. The molecule has 0 unspecified atom stereocenters. The molecule has 1 aromatic heterocycles. The van der Waals surface area contributed by atoms with Crippen molar-refractivity contribution in [2.45, 2.75) is 11.4 Å². The summed E-state index contributed by atoms with van der Waals surface area (Å²) in [5.74, 6) is 7.01. The second-order valence-corrected chi connectivity index (χ2v) is 6.75. The van der Waals surface area contributed by atoms with E-state index in [0.29, 0.717) is 12.2 Å². The number of aromatic nitrogens is 1. The number of benzene rings is 2. The van der Waals surface area contributed by atoms with E-state index in [1.165, 1.54) is 0 Å². The fraction of sp³-hybridized carbons (Fsp3) is 0.238. The highest BCUT2D eigenvalue weighted by atomic mass is 32.2. The molecule has 0 amide bonds. The summed E-state index contributed by atoms with van der Waals surface area (Å²) in [5.41, 5.74) is 9.25. The van der Waals surface area contributed by atoms with Gasteiger partial charge in [-0.2, -0.15) is 0 Å². The molecule has 27 heavy (non-hydrogen) atoms. The zero-order valence-electron chi connectivity index (χ0n) is 15.4. The number of rotatable bonds is 6. The second-order valence-electron chi connectivity index (χ2n) is 5.87. The van der Waals surface area contributed by atoms with Crippen LogP contribution in [0.25, 0.3) is 10.9 Å². The third kappa shape index (κ3) is 4.15. The lowest BCUT2D eigenvalue weighted by Gasteiger charge is -2.10. The topological polar surface area (TPSA) is 52.2 Å². The van der Waals surface area contributed by atoms with Gasteiger partial charge in [-0.1, -0.05) is 12.0 Å². The molecule has 3 N–H and O–H groups in total. The van der Waals surface area contributed by atoms with Gasteiger partial charge < -0.3 is 20.4 Å². The van der Waals surface area contributed by atoms with Crippen LogP contribution in [-0.2, 0) is 6.54 Å². The van der Waals surface area contributed by atoms with Crippen molar-refractivity contribution in [3.05, 3.63) is 48.2 Å². The Labute approximate surface area is 162 Å². The van der Waals surface area contributed by atoms with Crippen molar-refractivity contribution < 1.29 is 9.13 Å². The highest BCUT2D eigenvalue weighted by molar-refractivity contribution is 7.98. The number of nitrogen functional groups attached to an aromatic ring is 1. The Bertz CT molecular complexity index is 1000. The lowest BCUT2D eigenvalue weighted by atomic mass is 10.2. The number of fused-ring (bicyclic) bond motifs is 1. The smallest absolute Gasteiger partial charge is 0.143 e. The Morgan fingerprint density at radius 1 is 1.26 bits per heavy atom. The molecule has 0 aliphatic carbocycles. The average Bonchev–Trinajstić information content (AvgIpc) is 3.04. The first-order valence-corrected chi connectivity index (χ1v) is 9.79. The van der Waals surface area contributed by atoms with Crippen LogP contribution < -0.4 is 15.8 Å². The molecule has 0 bridgehead atoms. The van der Waals surface area contributed by atoms with Crippen LogP contribution in [0.4, 0.5) is 15.8 Å². The predicted molar refractivity (Wildman–Crippen MR) is 112 cm³/mol. The largest absolute Gasteiger partial charge is 0.495 e. The summed E-state index contributed by atoms with van der Waals surface area (Å²) >= 11 is 1.66. The molecule has 0 saturated carbocycles. The number of methoxy groups -OCH3 is 1.